The summed E-state index contributed by atoms with van der Waals surface area (Å²) in [7, 11) is 0. The maximum absolute atomic E-state index is 7.56. The van der Waals surface area contributed by atoms with Crippen molar-refractivity contribution in [3.05, 3.63) is 173 Å². The van der Waals surface area contributed by atoms with Crippen LogP contribution in [-0.4, -0.2) is 6.71 Å². The lowest BCUT2D eigenvalue weighted by Crippen LogP contribution is -2.61. The van der Waals surface area contributed by atoms with Crippen molar-refractivity contribution in [1.82, 2.24) is 0 Å². The number of benzene rings is 7. The molecule has 2 fully saturated rings. The van der Waals surface area contributed by atoms with E-state index in [0.29, 0.717) is 5.92 Å². The van der Waals surface area contributed by atoms with Crippen LogP contribution in [0.5, 0.6) is 0 Å². The first kappa shape index (κ1) is 45.6. The molecule has 0 amide bonds. The van der Waals surface area contributed by atoms with Gasteiger partial charge in [0.2, 0.25) is 0 Å². The number of furan rings is 1. The summed E-state index contributed by atoms with van der Waals surface area (Å²) in [5, 5.41) is 1.20. The lowest BCUT2D eigenvalue weighted by atomic mass is 9.35. The van der Waals surface area contributed by atoms with Crippen molar-refractivity contribution >= 4 is 68.4 Å². The normalized spacial score (nSPS) is 17.2. The largest absolute Gasteiger partial charge is 0.468 e. The highest BCUT2D eigenvalue weighted by Crippen LogP contribution is 2.60. The molecular formula is C68H71BN2O. The third kappa shape index (κ3) is 7.04. The van der Waals surface area contributed by atoms with Crippen LogP contribution in [-0.2, 0) is 21.7 Å². The van der Waals surface area contributed by atoms with Crippen LogP contribution < -0.4 is 26.4 Å². The Bertz CT molecular complexity index is 3430. The standard InChI is InChI=1S/C68H71BN2O/c1-65(2,3)47-29-25-44(26-30-47)45-27-33-50(34-28-45)70-56-35-31-49(67(7,8)9)42-55(56)69-62-58(70)39-46(43-19-12-10-13-20-43)40-59(62)71(63-52-41-48(66(4,5)6)32-36-60(52)72-64(63)69)57-24-18-23-54-61(57)51-21-14-15-22-53(51)68(54)37-16-11-17-38-68/h14-15,18,21-36,39-43H,10-13,16-17,19-20,37-38H2,1-9H3. The molecule has 2 aliphatic heterocycles. The van der Waals surface area contributed by atoms with Gasteiger partial charge >= 0.3 is 0 Å². The summed E-state index contributed by atoms with van der Waals surface area (Å²) < 4.78 is 7.56. The number of hydrogen-bond acceptors (Lipinski definition) is 3. The number of nitrogens with zero attached hydrogens (tertiary/aromatic N) is 2. The minimum absolute atomic E-state index is 0.0302. The number of fused-ring (bicyclic) bond motifs is 11. The molecule has 5 aliphatic rings. The maximum Gasteiger partial charge on any atom is 0.297 e. The molecule has 72 heavy (non-hydrogen) atoms. The van der Waals surface area contributed by atoms with Gasteiger partial charge in [-0.25, -0.2) is 0 Å². The molecule has 4 heteroatoms. The SMILES string of the molecule is CC(C)(C)c1ccc(-c2ccc(N3c4ccc(C(C)(C)C)cc4B4c5oc6ccc(C(C)(C)C)cc6c5N(c5cccc6c5-c5ccccc5C65CCCCC5)c5cc(C6CCCCC6)cc3c54)cc2)cc1. The molecule has 8 aromatic rings. The lowest BCUT2D eigenvalue weighted by molar-refractivity contribution is 0.353. The predicted molar refractivity (Wildman–Crippen MR) is 307 cm³/mol. The molecule has 0 radical (unpaired) electrons. The van der Waals surface area contributed by atoms with Gasteiger partial charge in [-0.3, -0.25) is 0 Å². The highest BCUT2D eigenvalue weighted by molar-refractivity contribution is 7.00. The summed E-state index contributed by atoms with van der Waals surface area (Å²) in [6.45, 7) is 20.9. The van der Waals surface area contributed by atoms with Gasteiger partial charge in [0.05, 0.1) is 17.0 Å². The predicted octanol–water partition coefficient (Wildman–Crippen LogP) is 17.4. The summed E-state index contributed by atoms with van der Waals surface area (Å²) in [5.41, 5.74) is 26.0. The second-order valence-electron chi connectivity index (χ2n) is 25.5. The molecule has 0 bridgehead atoms. The molecule has 1 spiro atoms. The van der Waals surface area contributed by atoms with Gasteiger partial charge in [-0.1, -0.05) is 192 Å². The summed E-state index contributed by atoms with van der Waals surface area (Å²) in [6, 6.07) is 55.1. The Labute approximate surface area is 429 Å². The van der Waals surface area contributed by atoms with E-state index in [1.807, 2.05) is 0 Å². The molecule has 0 N–H and O–H groups in total. The van der Waals surface area contributed by atoms with E-state index in [1.165, 1.54) is 170 Å². The minimum atomic E-state index is -0.116. The van der Waals surface area contributed by atoms with E-state index in [2.05, 4.69) is 212 Å². The van der Waals surface area contributed by atoms with E-state index < -0.39 is 0 Å². The average Bonchev–Trinajstić information content (AvgIpc) is 3.89. The van der Waals surface area contributed by atoms with E-state index in [4.69, 9.17) is 4.42 Å². The highest BCUT2D eigenvalue weighted by atomic mass is 16.3. The molecule has 3 heterocycles. The molecule has 13 rings (SSSR count). The van der Waals surface area contributed by atoms with Crippen LogP contribution in [0.15, 0.2) is 144 Å². The Morgan fingerprint density at radius 1 is 0.514 bits per heavy atom. The molecule has 0 saturated heterocycles. The van der Waals surface area contributed by atoms with Crippen molar-refractivity contribution in [2.75, 3.05) is 9.80 Å². The van der Waals surface area contributed by atoms with Crippen molar-refractivity contribution in [1.29, 1.82) is 0 Å². The van der Waals surface area contributed by atoms with Gasteiger partial charge in [0, 0.05) is 39.1 Å². The van der Waals surface area contributed by atoms with E-state index in [1.54, 1.807) is 0 Å². The Kier molecular flexibility index (Phi) is 10.4. The van der Waals surface area contributed by atoms with Crippen LogP contribution >= 0.6 is 0 Å². The molecule has 0 atom stereocenters. The Morgan fingerprint density at radius 2 is 1.11 bits per heavy atom. The zero-order valence-corrected chi connectivity index (χ0v) is 44.3. The van der Waals surface area contributed by atoms with E-state index in [-0.39, 0.29) is 28.4 Å². The zero-order valence-electron chi connectivity index (χ0n) is 44.3. The Balaban J connectivity index is 1.11. The van der Waals surface area contributed by atoms with Crippen molar-refractivity contribution < 1.29 is 4.42 Å². The van der Waals surface area contributed by atoms with Gasteiger partial charge < -0.3 is 14.2 Å². The van der Waals surface area contributed by atoms with Crippen molar-refractivity contribution in [2.24, 2.45) is 0 Å². The molecule has 3 aliphatic carbocycles. The summed E-state index contributed by atoms with van der Waals surface area (Å²) in [6.07, 6.45) is 12.6. The molecule has 1 aromatic heterocycles. The molecule has 7 aromatic carbocycles. The first-order valence-corrected chi connectivity index (χ1v) is 27.5. The number of hydrogen-bond donors (Lipinski definition) is 0. The van der Waals surface area contributed by atoms with Crippen LogP contribution in [0, 0.1) is 0 Å². The maximum atomic E-state index is 7.56. The fraction of sp³-hybridized carbons (Fsp3) is 0.353. The van der Waals surface area contributed by atoms with Gasteiger partial charge in [-0.15, -0.1) is 0 Å². The Hall–Kier alpha value is -6.26. The smallest absolute Gasteiger partial charge is 0.297 e. The molecular weight excluding hydrogens is 872 g/mol. The lowest BCUT2D eigenvalue weighted by Gasteiger charge is -2.44. The Morgan fingerprint density at radius 3 is 1.81 bits per heavy atom. The molecule has 3 nitrogen and oxygen atoms in total. The van der Waals surface area contributed by atoms with Crippen LogP contribution in [0.2, 0.25) is 0 Å². The molecule has 362 valence electrons. The summed E-state index contributed by atoms with van der Waals surface area (Å²) >= 11 is 0. The van der Waals surface area contributed by atoms with Crippen LogP contribution in [0.25, 0.3) is 33.2 Å². The van der Waals surface area contributed by atoms with Crippen LogP contribution in [0.3, 0.4) is 0 Å². The quantitative estimate of drug-likeness (QED) is 0.164. The number of rotatable bonds is 4. The van der Waals surface area contributed by atoms with E-state index >= 15 is 0 Å². The van der Waals surface area contributed by atoms with Gasteiger partial charge in [0.25, 0.3) is 6.71 Å². The summed E-state index contributed by atoms with van der Waals surface area (Å²) in [5.74, 6) is 0.494. The minimum Gasteiger partial charge on any atom is -0.468 e. The average molecular weight is 943 g/mol. The first-order chi connectivity index (χ1) is 34.6. The van der Waals surface area contributed by atoms with Gasteiger partial charge in [0.1, 0.15) is 5.58 Å². The fourth-order valence-electron chi connectivity index (χ4n) is 14.0. The van der Waals surface area contributed by atoms with Crippen molar-refractivity contribution in [3.63, 3.8) is 0 Å². The van der Waals surface area contributed by atoms with E-state index in [0.717, 1.165) is 11.2 Å². The second kappa shape index (κ2) is 16.4. The monoisotopic (exact) mass is 943 g/mol. The zero-order chi connectivity index (χ0) is 49.5. The third-order valence-electron chi connectivity index (χ3n) is 17.9. The van der Waals surface area contributed by atoms with Gasteiger partial charge in [-0.05, 0) is 157 Å². The summed E-state index contributed by atoms with van der Waals surface area (Å²) in [4.78, 5) is 5.36. The highest BCUT2D eigenvalue weighted by Gasteiger charge is 2.50. The first-order valence-electron chi connectivity index (χ1n) is 27.5. The van der Waals surface area contributed by atoms with Gasteiger partial charge in [0.15, 0.2) is 0 Å². The van der Waals surface area contributed by atoms with Crippen molar-refractivity contribution in [2.45, 2.75) is 154 Å². The van der Waals surface area contributed by atoms with Crippen LogP contribution in [0.4, 0.5) is 34.1 Å². The molecule has 2 saturated carbocycles. The molecule has 0 unspecified atom stereocenters. The van der Waals surface area contributed by atoms with Crippen LogP contribution in [0.1, 0.15) is 166 Å². The number of anilines is 6. The van der Waals surface area contributed by atoms with Crippen molar-refractivity contribution in [3.8, 4) is 22.3 Å². The third-order valence-corrected chi connectivity index (χ3v) is 17.9. The topological polar surface area (TPSA) is 19.6 Å². The second-order valence-corrected chi connectivity index (χ2v) is 25.5. The van der Waals surface area contributed by atoms with Gasteiger partial charge in [-0.2, -0.15) is 0 Å². The fourth-order valence-corrected chi connectivity index (χ4v) is 14.0. The van der Waals surface area contributed by atoms with E-state index in [9.17, 15) is 0 Å².